The molecule has 0 saturated carbocycles. The molecule has 2 aromatic carbocycles. The first kappa shape index (κ1) is 19.5. The van der Waals surface area contributed by atoms with Gasteiger partial charge in [-0.25, -0.2) is 24.3 Å². The molecule has 0 bridgehead atoms. The van der Waals surface area contributed by atoms with E-state index >= 15 is 0 Å². The van der Waals surface area contributed by atoms with Crippen LogP contribution < -0.4 is 5.32 Å². The van der Waals surface area contributed by atoms with Crippen molar-refractivity contribution >= 4 is 16.7 Å². The molecular weight excluding hydrogens is 402 g/mol. The smallest absolute Gasteiger partial charge is 0.451 e. The maximum Gasteiger partial charge on any atom is 0.451 e. The fraction of sp³-hybridized carbons (Fsp3) is 0.100. The summed E-state index contributed by atoms with van der Waals surface area (Å²) in [5.74, 6) is -1.32. The van der Waals surface area contributed by atoms with Crippen LogP contribution in [0.3, 0.4) is 0 Å². The molecule has 0 atom stereocenters. The second-order valence-corrected chi connectivity index (χ2v) is 6.39. The summed E-state index contributed by atoms with van der Waals surface area (Å²) >= 11 is 0. The Kier molecular flexibility index (Phi) is 4.90. The number of fused-ring (bicyclic) bond motifs is 1. The Hall–Kier alpha value is -3.82. The third kappa shape index (κ3) is 3.97. The van der Waals surface area contributed by atoms with Crippen molar-refractivity contribution in [1.82, 2.24) is 19.9 Å². The summed E-state index contributed by atoms with van der Waals surface area (Å²) in [5, 5.41) is 13.8. The van der Waals surface area contributed by atoms with Gasteiger partial charge in [-0.1, -0.05) is 12.1 Å². The first-order chi connectivity index (χ1) is 14.3. The minimum atomic E-state index is -4.61. The highest BCUT2D eigenvalue weighted by Crippen LogP contribution is 2.33. The Morgan fingerprint density at radius 3 is 2.27 bits per heavy atom. The lowest BCUT2D eigenvalue weighted by Gasteiger charge is -2.11. The van der Waals surface area contributed by atoms with Gasteiger partial charge in [-0.3, -0.25) is 0 Å². The summed E-state index contributed by atoms with van der Waals surface area (Å²) in [6.45, 7) is 0.103. The maximum atomic E-state index is 13.2. The molecule has 2 heterocycles. The van der Waals surface area contributed by atoms with Crippen LogP contribution in [0.4, 0.5) is 23.4 Å². The van der Waals surface area contributed by atoms with Crippen molar-refractivity contribution in [3.63, 3.8) is 0 Å². The average molecular weight is 415 g/mol. The number of anilines is 1. The monoisotopic (exact) mass is 415 g/mol. The number of hydrogen-bond acceptors (Lipinski definition) is 6. The molecule has 0 radical (unpaired) electrons. The van der Waals surface area contributed by atoms with Gasteiger partial charge in [-0.2, -0.15) is 13.2 Å². The van der Waals surface area contributed by atoms with E-state index in [0.717, 1.165) is 12.4 Å². The lowest BCUT2D eigenvalue weighted by Crippen LogP contribution is -2.12. The van der Waals surface area contributed by atoms with Gasteiger partial charge in [-0.05, 0) is 35.4 Å². The lowest BCUT2D eigenvalue weighted by molar-refractivity contribution is -0.145. The second-order valence-electron chi connectivity index (χ2n) is 6.39. The number of alkyl halides is 3. The zero-order valence-corrected chi connectivity index (χ0v) is 15.2. The van der Waals surface area contributed by atoms with E-state index in [2.05, 4.69) is 25.3 Å². The van der Waals surface area contributed by atoms with Gasteiger partial charge in [0, 0.05) is 29.9 Å². The highest BCUT2D eigenvalue weighted by atomic mass is 19.4. The molecule has 4 rings (SSSR count). The SMILES string of the molecule is Oc1cc(-c2ccc(F)cc2)cc2c(NCc3cnc(C(F)(F)F)nc3)ncnc12. The molecule has 0 unspecified atom stereocenters. The van der Waals surface area contributed by atoms with Gasteiger partial charge in [0.2, 0.25) is 5.82 Å². The number of nitrogens with one attached hydrogen (secondary N) is 1. The molecule has 4 aromatic rings. The second kappa shape index (κ2) is 7.54. The van der Waals surface area contributed by atoms with Crippen molar-refractivity contribution in [2.45, 2.75) is 12.7 Å². The third-order valence-corrected chi connectivity index (χ3v) is 4.31. The van der Waals surface area contributed by atoms with Gasteiger partial charge in [0.05, 0.1) is 0 Å². The number of phenols is 1. The molecule has 0 amide bonds. The van der Waals surface area contributed by atoms with E-state index in [1.165, 1.54) is 24.5 Å². The van der Waals surface area contributed by atoms with Crippen LogP contribution in [-0.4, -0.2) is 25.0 Å². The number of aromatic nitrogens is 4. The Labute approximate surface area is 167 Å². The molecule has 0 aliphatic heterocycles. The van der Waals surface area contributed by atoms with Crippen molar-refractivity contribution in [2.24, 2.45) is 0 Å². The van der Waals surface area contributed by atoms with Crippen molar-refractivity contribution < 1.29 is 22.7 Å². The summed E-state index contributed by atoms with van der Waals surface area (Å²) < 4.78 is 50.9. The van der Waals surface area contributed by atoms with Crippen molar-refractivity contribution in [1.29, 1.82) is 0 Å². The molecule has 6 nitrogen and oxygen atoms in total. The highest BCUT2D eigenvalue weighted by molar-refractivity contribution is 5.96. The number of halogens is 4. The van der Waals surface area contributed by atoms with Gasteiger partial charge < -0.3 is 10.4 Å². The molecule has 0 aliphatic rings. The summed E-state index contributed by atoms with van der Waals surface area (Å²) in [5.41, 5.74) is 2.01. The van der Waals surface area contributed by atoms with E-state index in [4.69, 9.17) is 0 Å². The molecule has 10 heteroatoms. The van der Waals surface area contributed by atoms with Crippen LogP contribution >= 0.6 is 0 Å². The molecule has 0 fully saturated rings. The van der Waals surface area contributed by atoms with Gasteiger partial charge in [0.15, 0.2) is 0 Å². The first-order valence-corrected chi connectivity index (χ1v) is 8.67. The minimum absolute atomic E-state index is 0.0878. The van der Waals surface area contributed by atoms with Crippen molar-refractivity contribution in [3.05, 3.63) is 72.3 Å². The van der Waals surface area contributed by atoms with Crippen LogP contribution in [0.5, 0.6) is 5.75 Å². The summed E-state index contributed by atoms with van der Waals surface area (Å²) in [4.78, 5) is 14.9. The molecular formula is C20H13F4N5O. The standard InChI is InChI=1S/C20H13F4N5O/c21-14-3-1-12(2-4-14)13-5-15-17(16(30)6-13)28-10-29-18(15)25-7-11-8-26-19(27-9-11)20(22,23)24/h1-6,8-10,30H,7H2,(H,25,28,29). The van der Waals surface area contributed by atoms with Crippen molar-refractivity contribution in [3.8, 4) is 16.9 Å². The van der Waals surface area contributed by atoms with Crippen LogP contribution in [0.2, 0.25) is 0 Å². The summed E-state index contributed by atoms with van der Waals surface area (Å²) in [6, 6.07) is 9.01. The van der Waals surface area contributed by atoms with E-state index in [0.29, 0.717) is 33.4 Å². The zero-order valence-electron chi connectivity index (χ0n) is 15.2. The third-order valence-electron chi connectivity index (χ3n) is 4.31. The molecule has 0 aliphatic carbocycles. The predicted octanol–water partition coefficient (Wildman–Crippen LogP) is 4.56. The Balaban J connectivity index is 1.64. The molecule has 2 N–H and O–H groups in total. The van der Waals surface area contributed by atoms with Gasteiger partial charge in [-0.15, -0.1) is 0 Å². The van der Waals surface area contributed by atoms with E-state index < -0.39 is 12.0 Å². The summed E-state index contributed by atoms with van der Waals surface area (Å²) in [7, 11) is 0. The maximum absolute atomic E-state index is 13.2. The Bertz CT molecular complexity index is 1190. The van der Waals surface area contributed by atoms with E-state index in [1.807, 2.05) is 0 Å². The topological polar surface area (TPSA) is 83.8 Å². The van der Waals surface area contributed by atoms with E-state index in [1.54, 1.807) is 18.2 Å². The fourth-order valence-electron chi connectivity index (χ4n) is 2.88. The number of phenolic OH excluding ortho intramolecular Hbond substituents is 1. The first-order valence-electron chi connectivity index (χ1n) is 8.67. The van der Waals surface area contributed by atoms with Crippen LogP contribution in [0.1, 0.15) is 11.4 Å². The van der Waals surface area contributed by atoms with E-state index in [9.17, 15) is 22.7 Å². The highest BCUT2D eigenvalue weighted by Gasteiger charge is 2.34. The van der Waals surface area contributed by atoms with Crippen LogP contribution in [0.25, 0.3) is 22.0 Å². The van der Waals surface area contributed by atoms with E-state index in [-0.39, 0.29) is 18.1 Å². The molecule has 2 aromatic heterocycles. The van der Waals surface area contributed by atoms with Gasteiger partial charge >= 0.3 is 6.18 Å². The quantitative estimate of drug-likeness (QED) is 0.476. The number of nitrogens with zero attached hydrogens (tertiary/aromatic N) is 4. The van der Waals surface area contributed by atoms with Crippen molar-refractivity contribution in [2.75, 3.05) is 5.32 Å². The van der Waals surface area contributed by atoms with Crippen LogP contribution in [0, 0.1) is 5.82 Å². The van der Waals surface area contributed by atoms with Gasteiger partial charge in [0.25, 0.3) is 0 Å². The fourth-order valence-corrected chi connectivity index (χ4v) is 2.88. The minimum Gasteiger partial charge on any atom is -0.506 e. The number of aromatic hydroxyl groups is 1. The number of rotatable bonds is 4. The molecule has 30 heavy (non-hydrogen) atoms. The Morgan fingerprint density at radius 1 is 0.900 bits per heavy atom. The van der Waals surface area contributed by atoms with Crippen LogP contribution in [0.15, 0.2) is 55.1 Å². The number of hydrogen-bond donors (Lipinski definition) is 2. The molecule has 152 valence electrons. The molecule has 0 spiro atoms. The van der Waals surface area contributed by atoms with Gasteiger partial charge in [0.1, 0.15) is 29.2 Å². The average Bonchev–Trinajstić information content (AvgIpc) is 2.72. The predicted molar refractivity (Wildman–Crippen MR) is 101 cm³/mol. The zero-order chi connectivity index (χ0) is 21.3. The lowest BCUT2D eigenvalue weighted by atomic mass is 10.0. The summed E-state index contributed by atoms with van der Waals surface area (Å²) in [6.07, 6.45) is -1.20. The molecule has 0 saturated heterocycles. The number of benzene rings is 2. The van der Waals surface area contributed by atoms with Crippen LogP contribution in [-0.2, 0) is 12.7 Å². The Morgan fingerprint density at radius 2 is 1.60 bits per heavy atom. The normalized spacial score (nSPS) is 11.6. The largest absolute Gasteiger partial charge is 0.506 e.